The number of hydrogen-bond acceptors (Lipinski definition) is 4. The predicted molar refractivity (Wildman–Crippen MR) is 76.6 cm³/mol. The van der Waals surface area contributed by atoms with Crippen molar-refractivity contribution in [1.29, 1.82) is 0 Å². The average Bonchev–Trinajstić information content (AvgIpc) is 2.34. The van der Waals surface area contributed by atoms with Gasteiger partial charge < -0.3 is 11.1 Å². The first-order valence-electron chi connectivity index (χ1n) is 6.58. The van der Waals surface area contributed by atoms with Crippen LogP contribution in [0, 0.1) is 0 Å². The molecule has 0 atom stereocenters. The van der Waals surface area contributed by atoms with Crippen LogP contribution in [0.15, 0.2) is 29.2 Å². The largest absolute Gasteiger partial charge is 0.383 e. The topological polar surface area (TPSA) is 84.2 Å². The van der Waals surface area contributed by atoms with Crippen molar-refractivity contribution in [3.63, 3.8) is 0 Å². The molecule has 2 rings (SSSR count). The number of hydrogen-bond donors (Lipinski definition) is 3. The third-order valence-corrected chi connectivity index (χ3v) is 5.05. The molecule has 1 aromatic carbocycles. The van der Waals surface area contributed by atoms with Gasteiger partial charge in [-0.1, -0.05) is 6.92 Å². The lowest BCUT2D eigenvalue weighted by molar-refractivity contribution is 0.265. The lowest BCUT2D eigenvalue weighted by Gasteiger charge is -2.38. The zero-order valence-electron chi connectivity index (χ0n) is 11.1. The minimum atomic E-state index is -3.37. The second kappa shape index (κ2) is 5.48. The molecular weight excluding hydrogens is 262 g/mol. The summed E-state index contributed by atoms with van der Waals surface area (Å²) in [5.74, 6) is 0. The smallest absolute Gasteiger partial charge is 0.240 e. The maximum atomic E-state index is 11.8. The van der Waals surface area contributed by atoms with E-state index in [1.165, 1.54) is 6.42 Å². The number of rotatable bonds is 6. The normalized spacial score (nSPS) is 17.8. The molecule has 0 spiro atoms. The van der Waals surface area contributed by atoms with Crippen LogP contribution in [-0.2, 0) is 10.0 Å². The fourth-order valence-corrected chi connectivity index (χ4v) is 3.15. The molecule has 6 heteroatoms. The quantitative estimate of drug-likeness (QED) is 0.734. The van der Waals surface area contributed by atoms with Gasteiger partial charge in [0.2, 0.25) is 10.0 Å². The van der Waals surface area contributed by atoms with Crippen molar-refractivity contribution < 1.29 is 8.42 Å². The molecular formula is C13H21N3O2S. The Bertz CT molecular complexity index is 521. The molecule has 1 saturated carbocycles. The summed E-state index contributed by atoms with van der Waals surface area (Å²) in [6.07, 6.45) is 3.29. The van der Waals surface area contributed by atoms with Crippen LogP contribution in [0.4, 0.5) is 5.69 Å². The van der Waals surface area contributed by atoms with Gasteiger partial charge in [-0.3, -0.25) is 0 Å². The molecule has 0 amide bonds. The Morgan fingerprint density at radius 3 is 2.37 bits per heavy atom. The zero-order chi connectivity index (χ0) is 13.9. The average molecular weight is 283 g/mol. The third kappa shape index (κ3) is 3.46. The summed E-state index contributed by atoms with van der Waals surface area (Å²) in [5.41, 5.74) is 6.93. The van der Waals surface area contributed by atoms with Crippen molar-refractivity contribution in [1.82, 2.24) is 4.72 Å². The van der Waals surface area contributed by atoms with E-state index in [-0.39, 0.29) is 10.4 Å². The van der Waals surface area contributed by atoms with Gasteiger partial charge in [0.05, 0.1) is 4.90 Å². The first-order chi connectivity index (χ1) is 8.95. The molecule has 0 aliphatic heterocycles. The molecule has 106 valence electrons. The Kier molecular flexibility index (Phi) is 4.13. The highest BCUT2D eigenvalue weighted by molar-refractivity contribution is 7.89. The first kappa shape index (κ1) is 14.3. The number of nitrogens with one attached hydrogen (secondary N) is 2. The summed E-state index contributed by atoms with van der Waals surface area (Å²) < 4.78 is 26.0. The number of anilines is 1. The summed E-state index contributed by atoms with van der Waals surface area (Å²) in [4.78, 5) is 0.283. The molecule has 1 fully saturated rings. The molecule has 0 saturated heterocycles. The number of sulfonamides is 1. The van der Waals surface area contributed by atoms with Gasteiger partial charge in [-0.05, 0) is 43.5 Å². The lowest BCUT2D eigenvalue weighted by Crippen LogP contribution is -2.51. The monoisotopic (exact) mass is 283 g/mol. The Hall–Kier alpha value is -1.11. The van der Waals surface area contributed by atoms with Gasteiger partial charge in [0.1, 0.15) is 0 Å². The maximum Gasteiger partial charge on any atom is 0.240 e. The fourth-order valence-electron chi connectivity index (χ4n) is 2.11. The van der Waals surface area contributed by atoms with E-state index in [2.05, 4.69) is 10.0 Å². The van der Waals surface area contributed by atoms with E-state index in [1.807, 2.05) is 0 Å². The van der Waals surface area contributed by atoms with Crippen molar-refractivity contribution in [3.05, 3.63) is 24.3 Å². The fraction of sp³-hybridized carbons (Fsp3) is 0.538. The van der Waals surface area contributed by atoms with Crippen LogP contribution in [0.25, 0.3) is 0 Å². The van der Waals surface area contributed by atoms with Gasteiger partial charge in [-0.15, -0.1) is 0 Å². The van der Waals surface area contributed by atoms with Crippen LogP contribution in [-0.4, -0.2) is 27.0 Å². The van der Waals surface area contributed by atoms with Gasteiger partial charge in [-0.25, -0.2) is 13.1 Å². The predicted octanol–water partition coefficient (Wildman–Crippen LogP) is 1.28. The second-order valence-electron chi connectivity index (χ2n) is 5.10. The Labute approximate surface area is 114 Å². The Morgan fingerprint density at radius 1 is 1.26 bits per heavy atom. The minimum Gasteiger partial charge on any atom is -0.383 e. The number of nitrogens with two attached hydrogens (primary N) is 1. The third-order valence-electron chi connectivity index (χ3n) is 3.49. The molecule has 19 heavy (non-hydrogen) atoms. The molecule has 0 heterocycles. The molecule has 1 aliphatic carbocycles. The maximum absolute atomic E-state index is 11.8. The molecule has 0 bridgehead atoms. The van der Waals surface area contributed by atoms with E-state index in [9.17, 15) is 8.42 Å². The van der Waals surface area contributed by atoms with Crippen LogP contribution in [0.3, 0.4) is 0 Å². The molecule has 1 aliphatic rings. The highest BCUT2D eigenvalue weighted by Gasteiger charge is 2.31. The van der Waals surface area contributed by atoms with Crippen molar-refractivity contribution in [2.24, 2.45) is 5.73 Å². The zero-order valence-corrected chi connectivity index (χ0v) is 12.0. The summed E-state index contributed by atoms with van der Waals surface area (Å²) in [7, 11) is -3.37. The van der Waals surface area contributed by atoms with E-state index in [4.69, 9.17) is 5.73 Å². The number of benzene rings is 1. The van der Waals surface area contributed by atoms with Crippen molar-refractivity contribution in [2.75, 3.05) is 18.4 Å². The minimum absolute atomic E-state index is 0.0888. The Morgan fingerprint density at radius 2 is 1.89 bits per heavy atom. The van der Waals surface area contributed by atoms with E-state index in [0.717, 1.165) is 25.1 Å². The summed E-state index contributed by atoms with van der Waals surface area (Å²) in [6, 6.07) is 6.74. The molecule has 5 nitrogen and oxygen atoms in total. The lowest BCUT2D eigenvalue weighted by atomic mass is 9.78. The van der Waals surface area contributed by atoms with Gasteiger partial charge >= 0.3 is 0 Å². The molecule has 0 radical (unpaired) electrons. The second-order valence-corrected chi connectivity index (χ2v) is 6.86. The van der Waals surface area contributed by atoms with E-state index in [0.29, 0.717) is 6.54 Å². The van der Waals surface area contributed by atoms with Gasteiger partial charge in [0.15, 0.2) is 0 Å². The van der Waals surface area contributed by atoms with Gasteiger partial charge in [-0.2, -0.15) is 0 Å². The van der Waals surface area contributed by atoms with Crippen LogP contribution in [0.2, 0.25) is 0 Å². The van der Waals surface area contributed by atoms with Gasteiger partial charge in [0.25, 0.3) is 0 Å². The molecule has 0 unspecified atom stereocenters. The van der Waals surface area contributed by atoms with E-state index in [1.54, 1.807) is 31.2 Å². The van der Waals surface area contributed by atoms with Gasteiger partial charge in [0, 0.05) is 24.3 Å². The summed E-state index contributed by atoms with van der Waals surface area (Å²) >= 11 is 0. The molecule has 0 aromatic heterocycles. The summed E-state index contributed by atoms with van der Waals surface area (Å²) in [6.45, 7) is 2.87. The highest BCUT2D eigenvalue weighted by atomic mass is 32.2. The Balaban J connectivity index is 1.98. The SMILES string of the molecule is CCNS(=O)(=O)c1ccc(NCC2(N)CCC2)cc1. The van der Waals surface area contributed by atoms with E-state index >= 15 is 0 Å². The molecule has 1 aromatic rings. The van der Waals surface area contributed by atoms with Crippen LogP contribution >= 0.6 is 0 Å². The van der Waals surface area contributed by atoms with Crippen LogP contribution in [0.1, 0.15) is 26.2 Å². The summed E-state index contributed by atoms with van der Waals surface area (Å²) in [5, 5.41) is 3.26. The van der Waals surface area contributed by atoms with Crippen molar-refractivity contribution in [3.8, 4) is 0 Å². The standard InChI is InChI=1S/C13H21N3O2S/c1-2-16-19(17,18)12-6-4-11(5-7-12)15-10-13(14)8-3-9-13/h4-7,15-16H,2-3,8-10,14H2,1H3. The van der Waals surface area contributed by atoms with Crippen molar-refractivity contribution >= 4 is 15.7 Å². The van der Waals surface area contributed by atoms with Crippen molar-refractivity contribution in [2.45, 2.75) is 36.6 Å². The molecule has 4 N–H and O–H groups in total. The first-order valence-corrected chi connectivity index (χ1v) is 8.06. The van der Waals surface area contributed by atoms with Crippen LogP contribution < -0.4 is 15.8 Å². The van der Waals surface area contributed by atoms with E-state index < -0.39 is 10.0 Å². The van der Waals surface area contributed by atoms with Crippen LogP contribution in [0.5, 0.6) is 0 Å². The highest BCUT2D eigenvalue weighted by Crippen LogP contribution is 2.29.